The van der Waals surface area contributed by atoms with Gasteiger partial charge in [-0.2, -0.15) is 4.98 Å². The van der Waals surface area contributed by atoms with Crippen LogP contribution >= 0.6 is 6.89 Å². The molecule has 0 bridgehead atoms. The monoisotopic (exact) mass is 351 g/mol. The minimum absolute atomic E-state index is 0.0591. The van der Waals surface area contributed by atoms with E-state index in [1.54, 1.807) is 6.92 Å². The maximum atomic E-state index is 12.2. The fraction of sp³-hybridized carbons (Fsp3) is 0.588. The topological polar surface area (TPSA) is 101 Å². The largest absolute Gasteiger partial charge is 0.390 e. The summed E-state index contributed by atoms with van der Waals surface area (Å²) in [6.45, 7) is 4.76. The Morgan fingerprint density at radius 1 is 1.46 bits per heavy atom. The number of hydrogen-bond donors (Lipinski definition) is 3. The maximum Gasteiger partial charge on any atom is 0.349 e. The third kappa shape index (κ3) is 4.10. The second-order valence-corrected chi connectivity index (χ2v) is 11.4. The predicted molar refractivity (Wildman–Crippen MR) is 100.0 cm³/mol. The standard InChI is InChI=1S/C17H26N3O3P/c1-5-6-12-10-20(17(23)19-16(12)18)13-9-11(14(21)15(13)22)7-8-24(2,3)4/h10-11,13-15,21-22H,2,7-9H2,1,3-4H3,(H2,18,19,23)/t11-,13?,14+,15-/m0/s1. The Bertz CT molecular complexity index is 772. The van der Waals surface area contributed by atoms with Crippen LogP contribution in [-0.4, -0.2) is 57.8 Å². The minimum Gasteiger partial charge on any atom is -0.390 e. The van der Waals surface area contributed by atoms with Crippen molar-refractivity contribution in [3.63, 3.8) is 0 Å². The van der Waals surface area contributed by atoms with E-state index in [2.05, 4.69) is 36.5 Å². The lowest BCUT2D eigenvalue weighted by Gasteiger charge is -2.19. The van der Waals surface area contributed by atoms with Crippen molar-refractivity contribution < 1.29 is 10.2 Å². The molecule has 132 valence electrons. The Morgan fingerprint density at radius 3 is 2.71 bits per heavy atom. The molecule has 7 heteroatoms. The molecule has 0 aliphatic heterocycles. The summed E-state index contributed by atoms with van der Waals surface area (Å²) in [5.74, 6) is 5.55. The van der Waals surface area contributed by atoms with Crippen LogP contribution in [0.1, 0.15) is 31.4 Å². The Labute approximate surface area is 142 Å². The molecule has 0 spiro atoms. The lowest BCUT2D eigenvalue weighted by Crippen LogP contribution is -2.35. The van der Waals surface area contributed by atoms with Gasteiger partial charge in [-0.25, -0.2) is 4.79 Å². The molecule has 1 fully saturated rings. The zero-order chi connectivity index (χ0) is 18.1. The van der Waals surface area contributed by atoms with E-state index < -0.39 is 30.8 Å². The van der Waals surface area contributed by atoms with Crippen LogP contribution in [0, 0.1) is 17.8 Å². The summed E-state index contributed by atoms with van der Waals surface area (Å²) in [6, 6.07) is -0.519. The van der Waals surface area contributed by atoms with Gasteiger partial charge in [-0.15, -0.1) is 19.1 Å². The van der Waals surface area contributed by atoms with Gasteiger partial charge in [-0.05, 0) is 45.2 Å². The smallest absolute Gasteiger partial charge is 0.349 e. The number of anilines is 1. The average Bonchev–Trinajstić information content (AvgIpc) is 2.75. The highest BCUT2D eigenvalue weighted by atomic mass is 31.2. The summed E-state index contributed by atoms with van der Waals surface area (Å²) in [5, 5.41) is 20.8. The molecule has 0 radical (unpaired) electrons. The lowest BCUT2D eigenvalue weighted by atomic mass is 10.0. The molecule has 1 unspecified atom stereocenters. The first-order valence-corrected chi connectivity index (χ1v) is 11.0. The van der Waals surface area contributed by atoms with Crippen LogP contribution < -0.4 is 11.4 Å². The molecule has 0 aromatic carbocycles. The molecule has 24 heavy (non-hydrogen) atoms. The van der Waals surface area contributed by atoms with Crippen molar-refractivity contribution in [2.75, 3.05) is 25.2 Å². The Kier molecular flexibility index (Phi) is 5.59. The fourth-order valence-electron chi connectivity index (χ4n) is 3.13. The van der Waals surface area contributed by atoms with E-state index in [9.17, 15) is 15.0 Å². The zero-order valence-corrected chi connectivity index (χ0v) is 15.3. The summed E-state index contributed by atoms with van der Waals surface area (Å²) in [5.41, 5.74) is 5.64. The summed E-state index contributed by atoms with van der Waals surface area (Å²) in [6.07, 6.45) is 6.10. The molecule has 2 rings (SSSR count). The molecule has 1 saturated carbocycles. The molecule has 6 nitrogen and oxygen atoms in total. The van der Waals surface area contributed by atoms with Gasteiger partial charge >= 0.3 is 5.69 Å². The van der Waals surface area contributed by atoms with Crippen LogP contribution in [0.3, 0.4) is 0 Å². The predicted octanol–water partition coefficient (Wildman–Crippen LogP) is 0.579. The molecular weight excluding hydrogens is 325 g/mol. The van der Waals surface area contributed by atoms with E-state index in [0.29, 0.717) is 12.0 Å². The van der Waals surface area contributed by atoms with Crippen molar-refractivity contribution >= 4 is 19.0 Å². The normalized spacial score (nSPS) is 26.9. The molecule has 4 atom stereocenters. The third-order valence-electron chi connectivity index (χ3n) is 4.47. The molecule has 1 aromatic rings. The summed E-state index contributed by atoms with van der Waals surface area (Å²) in [4.78, 5) is 16.0. The fourth-order valence-corrected chi connectivity index (χ4v) is 4.16. The van der Waals surface area contributed by atoms with Crippen molar-refractivity contribution in [2.24, 2.45) is 5.92 Å². The van der Waals surface area contributed by atoms with E-state index in [0.717, 1.165) is 12.6 Å². The number of aliphatic hydroxyl groups is 2. The first kappa shape index (κ1) is 18.8. The van der Waals surface area contributed by atoms with Crippen molar-refractivity contribution in [1.29, 1.82) is 0 Å². The minimum atomic E-state index is -1.20. The summed E-state index contributed by atoms with van der Waals surface area (Å²) >= 11 is 0. The zero-order valence-electron chi connectivity index (χ0n) is 14.4. The van der Waals surface area contributed by atoms with Gasteiger partial charge in [0, 0.05) is 6.20 Å². The number of nitrogens with zero attached hydrogens (tertiary/aromatic N) is 2. The van der Waals surface area contributed by atoms with Crippen LogP contribution in [0.5, 0.6) is 0 Å². The molecular formula is C17H26N3O3P. The van der Waals surface area contributed by atoms with Crippen LogP contribution in [0.4, 0.5) is 5.82 Å². The van der Waals surface area contributed by atoms with Gasteiger partial charge < -0.3 is 15.9 Å². The second-order valence-electron chi connectivity index (χ2n) is 7.10. The highest BCUT2D eigenvalue weighted by Crippen LogP contribution is 2.42. The van der Waals surface area contributed by atoms with Gasteiger partial charge in [0.15, 0.2) is 0 Å². The van der Waals surface area contributed by atoms with Crippen LogP contribution in [0.15, 0.2) is 11.0 Å². The van der Waals surface area contributed by atoms with E-state index in [1.165, 1.54) is 10.8 Å². The van der Waals surface area contributed by atoms with E-state index in [-0.39, 0.29) is 11.7 Å². The highest BCUT2D eigenvalue weighted by molar-refractivity contribution is 7.72. The quantitative estimate of drug-likeness (QED) is 0.544. The van der Waals surface area contributed by atoms with E-state index in [4.69, 9.17) is 5.73 Å². The number of nitrogens with two attached hydrogens (primary N) is 1. The molecule has 1 aliphatic carbocycles. The molecule has 0 amide bonds. The molecule has 4 N–H and O–H groups in total. The van der Waals surface area contributed by atoms with E-state index in [1.807, 2.05) is 0 Å². The van der Waals surface area contributed by atoms with Crippen LogP contribution in [0.2, 0.25) is 0 Å². The molecule has 1 heterocycles. The molecule has 1 aliphatic rings. The van der Waals surface area contributed by atoms with Crippen molar-refractivity contribution in [1.82, 2.24) is 9.55 Å². The molecule has 0 saturated heterocycles. The maximum absolute atomic E-state index is 12.2. The van der Waals surface area contributed by atoms with Crippen molar-refractivity contribution in [3.05, 3.63) is 22.2 Å². The summed E-state index contributed by atoms with van der Waals surface area (Å²) < 4.78 is 1.36. The highest BCUT2D eigenvalue weighted by Gasteiger charge is 2.42. The lowest BCUT2D eigenvalue weighted by molar-refractivity contribution is 0.00518. The molecule has 1 aromatic heterocycles. The van der Waals surface area contributed by atoms with Gasteiger partial charge in [0.2, 0.25) is 0 Å². The Hall–Kier alpha value is -1.54. The number of aromatic nitrogens is 2. The van der Waals surface area contributed by atoms with Gasteiger partial charge in [0.25, 0.3) is 0 Å². The van der Waals surface area contributed by atoms with Crippen molar-refractivity contribution in [3.8, 4) is 11.8 Å². The Balaban J connectivity index is 2.29. The average molecular weight is 351 g/mol. The Morgan fingerprint density at radius 2 is 2.12 bits per heavy atom. The van der Waals surface area contributed by atoms with Crippen LogP contribution in [0.25, 0.3) is 0 Å². The summed E-state index contributed by atoms with van der Waals surface area (Å²) in [7, 11) is 0. The SMILES string of the molecule is C=P(C)(C)CC[C@H]1CC(n2cc(C#CC)c(N)nc2=O)[C@H](O)[C@@H]1O. The number of rotatable bonds is 4. The van der Waals surface area contributed by atoms with Gasteiger partial charge in [0.1, 0.15) is 11.9 Å². The van der Waals surface area contributed by atoms with Crippen molar-refractivity contribution in [2.45, 2.75) is 38.0 Å². The van der Waals surface area contributed by atoms with Gasteiger partial charge in [-0.3, -0.25) is 4.57 Å². The first-order valence-electron chi connectivity index (χ1n) is 7.99. The number of aliphatic hydroxyl groups excluding tert-OH is 2. The van der Waals surface area contributed by atoms with Crippen LogP contribution in [-0.2, 0) is 0 Å². The second kappa shape index (κ2) is 7.14. The number of nitrogen functional groups attached to an aromatic ring is 1. The number of hydrogen-bond acceptors (Lipinski definition) is 5. The van der Waals surface area contributed by atoms with Gasteiger partial charge in [0.05, 0.1) is 17.7 Å². The van der Waals surface area contributed by atoms with Gasteiger partial charge in [-0.1, -0.05) is 5.92 Å². The third-order valence-corrected chi connectivity index (χ3v) is 5.94. The van der Waals surface area contributed by atoms with E-state index >= 15 is 0 Å². The first-order chi connectivity index (χ1) is 11.1.